The van der Waals surface area contributed by atoms with Gasteiger partial charge in [0.05, 0.1) is 42.2 Å². The molecular weight excluding hydrogens is 408 g/mol. The highest BCUT2D eigenvalue weighted by Gasteiger charge is 2.15. The number of hydrogen-bond donors (Lipinski definition) is 0. The van der Waals surface area contributed by atoms with E-state index in [1.165, 1.54) is 0 Å². The van der Waals surface area contributed by atoms with Crippen molar-refractivity contribution in [2.75, 3.05) is 13.2 Å². The van der Waals surface area contributed by atoms with Crippen LogP contribution in [0, 0.1) is 6.92 Å². The molecule has 0 N–H and O–H groups in total. The fourth-order valence-electron chi connectivity index (χ4n) is 3.45. The highest BCUT2D eigenvalue weighted by molar-refractivity contribution is 5.90. The zero-order valence-corrected chi connectivity index (χ0v) is 18.2. The fraction of sp³-hybridized carbons (Fsp3) is 0.250. The second kappa shape index (κ2) is 9.05. The van der Waals surface area contributed by atoms with Gasteiger partial charge in [0.25, 0.3) is 0 Å². The van der Waals surface area contributed by atoms with Crippen LogP contribution in [0.2, 0.25) is 0 Å². The molecule has 0 amide bonds. The molecule has 0 radical (unpaired) electrons. The minimum atomic E-state index is -0.430. The number of nitrogens with zero attached hydrogens (tertiary/aromatic N) is 4. The number of aromatic nitrogens is 4. The summed E-state index contributed by atoms with van der Waals surface area (Å²) in [7, 11) is 0. The number of carbonyl (C=O) groups is 2. The lowest BCUT2D eigenvalue weighted by Crippen LogP contribution is -2.10. The zero-order chi connectivity index (χ0) is 22.7. The maximum Gasteiger partial charge on any atom is 0.358 e. The Balaban J connectivity index is 1.62. The van der Waals surface area contributed by atoms with Crippen LogP contribution in [0.5, 0.6) is 0 Å². The summed E-state index contributed by atoms with van der Waals surface area (Å²) in [6.45, 7) is 6.54. The fourth-order valence-corrected chi connectivity index (χ4v) is 3.45. The molecule has 4 aromatic rings. The van der Waals surface area contributed by atoms with E-state index in [1.54, 1.807) is 36.7 Å². The molecule has 164 valence electrons. The second-order valence-electron chi connectivity index (χ2n) is 7.23. The van der Waals surface area contributed by atoms with Crippen LogP contribution in [-0.2, 0) is 16.0 Å². The molecule has 0 aliphatic carbocycles. The van der Waals surface area contributed by atoms with Crippen molar-refractivity contribution < 1.29 is 19.1 Å². The Morgan fingerprint density at radius 1 is 0.906 bits per heavy atom. The van der Waals surface area contributed by atoms with Gasteiger partial charge in [-0.1, -0.05) is 18.2 Å². The van der Waals surface area contributed by atoms with Crippen molar-refractivity contribution in [3.63, 3.8) is 0 Å². The largest absolute Gasteiger partial charge is 0.462 e. The van der Waals surface area contributed by atoms with E-state index in [1.807, 2.05) is 47.8 Å². The first-order valence-electron chi connectivity index (χ1n) is 10.5. The van der Waals surface area contributed by atoms with Crippen LogP contribution < -0.4 is 0 Å². The Kier molecular flexibility index (Phi) is 6.02. The summed E-state index contributed by atoms with van der Waals surface area (Å²) in [5.74, 6) is -0.770. The number of rotatable bonds is 7. The molecule has 0 atom stereocenters. The van der Waals surface area contributed by atoms with Gasteiger partial charge in [-0.05, 0) is 57.2 Å². The van der Waals surface area contributed by atoms with Gasteiger partial charge in [-0.3, -0.25) is 4.68 Å². The lowest BCUT2D eigenvalue weighted by atomic mass is 10.1. The summed E-state index contributed by atoms with van der Waals surface area (Å²) >= 11 is 0. The van der Waals surface area contributed by atoms with Gasteiger partial charge in [-0.2, -0.15) is 10.2 Å². The van der Waals surface area contributed by atoms with Crippen LogP contribution in [0.15, 0.2) is 54.6 Å². The van der Waals surface area contributed by atoms with Crippen LogP contribution in [-0.4, -0.2) is 44.5 Å². The summed E-state index contributed by atoms with van der Waals surface area (Å²) in [4.78, 5) is 23.9. The predicted molar refractivity (Wildman–Crippen MR) is 119 cm³/mol. The standard InChI is InChI=1S/C24H24N4O4/c1-4-31-23(29)18-11-9-17(10-12-18)21-14-19-7-6-8-20(28(19)26-21)15-27-16(3)13-22(25-27)24(30)32-5-2/h6-14H,4-5,15H2,1-3H3. The first kappa shape index (κ1) is 21.3. The van der Waals surface area contributed by atoms with E-state index in [-0.39, 0.29) is 5.97 Å². The quantitative estimate of drug-likeness (QED) is 0.412. The molecular formula is C24H24N4O4. The number of esters is 2. The molecule has 0 fully saturated rings. The van der Waals surface area contributed by atoms with Crippen LogP contribution in [0.25, 0.3) is 16.8 Å². The molecule has 32 heavy (non-hydrogen) atoms. The molecule has 1 aromatic carbocycles. The van der Waals surface area contributed by atoms with Crippen LogP contribution in [0.1, 0.15) is 46.1 Å². The molecule has 0 saturated carbocycles. The molecule has 8 nitrogen and oxygen atoms in total. The van der Waals surface area contributed by atoms with E-state index in [2.05, 4.69) is 5.10 Å². The third-order valence-electron chi connectivity index (χ3n) is 5.03. The van der Waals surface area contributed by atoms with Gasteiger partial charge < -0.3 is 9.47 Å². The van der Waals surface area contributed by atoms with Gasteiger partial charge in [0.1, 0.15) is 0 Å². The van der Waals surface area contributed by atoms with E-state index in [0.29, 0.717) is 31.0 Å². The molecule has 0 spiro atoms. The Morgan fingerprint density at radius 2 is 1.62 bits per heavy atom. The van der Waals surface area contributed by atoms with E-state index in [0.717, 1.165) is 28.2 Å². The molecule has 0 unspecified atom stereocenters. The minimum Gasteiger partial charge on any atom is -0.462 e. The van der Waals surface area contributed by atoms with Crippen LogP contribution in [0.3, 0.4) is 0 Å². The molecule has 0 saturated heterocycles. The van der Waals surface area contributed by atoms with E-state index < -0.39 is 5.97 Å². The number of carbonyl (C=O) groups excluding carboxylic acids is 2. The monoisotopic (exact) mass is 432 g/mol. The van der Waals surface area contributed by atoms with Crippen molar-refractivity contribution in [1.29, 1.82) is 0 Å². The SMILES string of the molecule is CCOC(=O)c1ccc(-c2cc3cccc(Cn4nc(C(=O)OCC)cc4C)n3n2)cc1. The van der Waals surface area contributed by atoms with Crippen molar-refractivity contribution in [2.45, 2.75) is 27.3 Å². The molecule has 0 aliphatic rings. The number of pyridine rings is 1. The predicted octanol–water partition coefficient (Wildman–Crippen LogP) is 3.91. The number of ether oxygens (including phenoxy) is 2. The molecule has 0 aliphatic heterocycles. The van der Waals surface area contributed by atoms with Crippen molar-refractivity contribution in [3.8, 4) is 11.3 Å². The van der Waals surface area contributed by atoms with Crippen LogP contribution in [0.4, 0.5) is 0 Å². The smallest absolute Gasteiger partial charge is 0.358 e. The average molecular weight is 432 g/mol. The summed E-state index contributed by atoms with van der Waals surface area (Å²) in [5, 5.41) is 9.15. The number of benzene rings is 1. The number of hydrogen-bond acceptors (Lipinski definition) is 6. The van der Waals surface area contributed by atoms with Gasteiger partial charge >= 0.3 is 11.9 Å². The lowest BCUT2D eigenvalue weighted by Gasteiger charge is -2.07. The average Bonchev–Trinajstić information content (AvgIpc) is 3.39. The number of aryl methyl sites for hydroxylation is 1. The zero-order valence-electron chi connectivity index (χ0n) is 18.2. The summed E-state index contributed by atoms with van der Waals surface area (Å²) in [5.41, 5.74) is 5.18. The topological polar surface area (TPSA) is 87.7 Å². The van der Waals surface area contributed by atoms with E-state index >= 15 is 0 Å². The Morgan fingerprint density at radius 3 is 2.34 bits per heavy atom. The molecule has 3 heterocycles. The van der Waals surface area contributed by atoms with E-state index in [9.17, 15) is 9.59 Å². The first-order valence-corrected chi connectivity index (χ1v) is 10.5. The Bertz CT molecular complexity index is 1270. The third-order valence-corrected chi connectivity index (χ3v) is 5.03. The normalized spacial score (nSPS) is 11.0. The lowest BCUT2D eigenvalue weighted by molar-refractivity contribution is 0.0512. The van der Waals surface area contributed by atoms with Crippen LogP contribution >= 0.6 is 0 Å². The highest BCUT2D eigenvalue weighted by atomic mass is 16.5. The summed E-state index contributed by atoms with van der Waals surface area (Å²) < 4.78 is 13.7. The molecule has 3 aromatic heterocycles. The number of fused-ring (bicyclic) bond motifs is 1. The van der Waals surface area contributed by atoms with Crippen molar-refractivity contribution >= 4 is 17.5 Å². The second-order valence-corrected chi connectivity index (χ2v) is 7.23. The van der Waals surface area contributed by atoms with Crippen molar-refractivity contribution in [3.05, 3.63) is 77.2 Å². The third kappa shape index (κ3) is 4.25. The van der Waals surface area contributed by atoms with Gasteiger partial charge in [0.15, 0.2) is 5.69 Å². The van der Waals surface area contributed by atoms with Gasteiger partial charge in [0.2, 0.25) is 0 Å². The maximum atomic E-state index is 12.0. The molecule has 0 bridgehead atoms. The van der Waals surface area contributed by atoms with E-state index in [4.69, 9.17) is 14.6 Å². The Hall–Kier alpha value is -3.94. The van der Waals surface area contributed by atoms with Gasteiger partial charge in [0, 0.05) is 11.3 Å². The van der Waals surface area contributed by atoms with Gasteiger partial charge in [-0.15, -0.1) is 0 Å². The Labute approximate surface area is 185 Å². The first-order chi connectivity index (χ1) is 15.5. The minimum absolute atomic E-state index is 0.291. The summed E-state index contributed by atoms with van der Waals surface area (Å²) in [6.07, 6.45) is 0. The highest BCUT2D eigenvalue weighted by Crippen LogP contribution is 2.22. The van der Waals surface area contributed by atoms with Crippen molar-refractivity contribution in [2.24, 2.45) is 0 Å². The maximum absolute atomic E-state index is 12.0. The molecule has 4 rings (SSSR count). The molecule has 8 heteroatoms. The summed E-state index contributed by atoms with van der Waals surface area (Å²) in [6, 6.07) is 16.8. The van der Waals surface area contributed by atoms with Crippen molar-refractivity contribution in [1.82, 2.24) is 19.4 Å². The van der Waals surface area contributed by atoms with Gasteiger partial charge in [-0.25, -0.2) is 14.1 Å².